The molecule has 0 fully saturated rings. The lowest BCUT2D eigenvalue weighted by molar-refractivity contribution is -0.155. The van der Waals surface area contributed by atoms with E-state index in [-0.39, 0.29) is 24.3 Å². The van der Waals surface area contributed by atoms with Crippen molar-refractivity contribution in [2.24, 2.45) is 17.8 Å². The lowest BCUT2D eigenvalue weighted by Crippen LogP contribution is -2.50. The van der Waals surface area contributed by atoms with Crippen LogP contribution >= 0.6 is 0 Å². The number of carboxylic acids is 2. The maximum atomic E-state index is 12.2. The number of aliphatic carboxylic acids is 2. The molecular weight excluding hydrogens is 262 g/mol. The van der Waals surface area contributed by atoms with Crippen LogP contribution in [-0.4, -0.2) is 45.5 Å². The van der Waals surface area contributed by atoms with Gasteiger partial charge in [0.15, 0.2) is 0 Å². The van der Waals surface area contributed by atoms with Crippen LogP contribution in [0.25, 0.3) is 0 Å². The Morgan fingerprint density at radius 1 is 0.950 bits per heavy atom. The molecule has 0 saturated carbocycles. The molecule has 0 heterocycles. The molecule has 0 aromatic heterocycles. The zero-order valence-corrected chi connectivity index (χ0v) is 12.8. The van der Waals surface area contributed by atoms with Crippen LogP contribution in [0.5, 0.6) is 0 Å². The molecule has 1 amide bonds. The molecule has 6 nitrogen and oxygen atoms in total. The summed E-state index contributed by atoms with van der Waals surface area (Å²) < 4.78 is 0. The van der Waals surface area contributed by atoms with Crippen LogP contribution in [0.3, 0.4) is 0 Å². The lowest BCUT2D eigenvalue weighted by atomic mass is 9.99. The highest BCUT2D eigenvalue weighted by molar-refractivity contribution is 5.85. The van der Waals surface area contributed by atoms with Gasteiger partial charge in [0.25, 0.3) is 0 Å². The first-order chi connectivity index (χ1) is 9.07. The SMILES string of the molecule is CC(C)CC(C(=O)O)N(CC(C)C(=O)O)C(=O)C(C)C. The highest BCUT2D eigenvalue weighted by Crippen LogP contribution is 2.17. The first-order valence-electron chi connectivity index (χ1n) is 6.84. The van der Waals surface area contributed by atoms with E-state index in [9.17, 15) is 19.5 Å². The van der Waals surface area contributed by atoms with Gasteiger partial charge in [-0.3, -0.25) is 9.59 Å². The van der Waals surface area contributed by atoms with Gasteiger partial charge in [-0.1, -0.05) is 34.6 Å². The molecular formula is C14H25NO5. The van der Waals surface area contributed by atoms with Gasteiger partial charge in [-0.25, -0.2) is 4.79 Å². The van der Waals surface area contributed by atoms with Crippen LogP contribution < -0.4 is 0 Å². The Morgan fingerprint density at radius 3 is 1.75 bits per heavy atom. The number of nitrogens with zero attached hydrogens (tertiary/aromatic N) is 1. The predicted molar refractivity (Wildman–Crippen MR) is 74.2 cm³/mol. The molecule has 0 aromatic rings. The summed E-state index contributed by atoms with van der Waals surface area (Å²) in [7, 11) is 0. The van der Waals surface area contributed by atoms with Gasteiger partial charge in [0.05, 0.1) is 5.92 Å². The molecule has 116 valence electrons. The van der Waals surface area contributed by atoms with Crippen molar-refractivity contribution in [1.82, 2.24) is 4.90 Å². The minimum absolute atomic E-state index is 0.0873. The van der Waals surface area contributed by atoms with E-state index in [4.69, 9.17) is 5.11 Å². The van der Waals surface area contributed by atoms with Crippen molar-refractivity contribution in [2.75, 3.05) is 6.54 Å². The van der Waals surface area contributed by atoms with E-state index in [1.165, 1.54) is 11.8 Å². The second kappa shape index (κ2) is 7.87. The molecule has 6 heteroatoms. The zero-order valence-electron chi connectivity index (χ0n) is 12.8. The van der Waals surface area contributed by atoms with Crippen molar-refractivity contribution < 1.29 is 24.6 Å². The molecule has 20 heavy (non-hydrogen) atoms. The first kappa shape index (κ1) is 18.4. The Morgan fingerprint density at radius 2 is 1.45 bits per heavy atom. The topological polar surface area (TPSA) is 94.9 Å². The number of carbonyl (C=O) groups excluding carboxylic acids is 1. The van der Waals surface area contributed by atoms with E-state index < -0.39 is 23.9 Å². The Balaban J connectivity index is 5.29. The summed E-state index contributed by atoms with van der Waals surface area (Å²) in [5, 5.41) is 18.3. The molecule has 0 spiro atoms. The van der Waals surface area contributed by atoms with Gasteiger partial charge in [-0.05, 0) is 12.3 Å². The van der Waals surface area contributed by atoms with Crippen LogP contribution in [-0.2, 0) is 14.4 Å². The van der Waals surface area contributed by atoms with Gasteiger partial charge in [0.2, 0.25) is 5.91 Å². The quantitative estimate of drug-likeness (QED) is 0.708. The first-order valence-corrected chi connectivity index (χ1v) is 6.84. The van der Waals surface area contributed by atoms with Crippen molar-refractivity contribution in [3.8, 4) is 0 Å². The number of amides is 1. The molecule has 0 saturated heterocycles. The smallest absolute Gasteiger partial charge is 0.326 e. The fraction of sp³-hybridized carbons (Fsp3) is 0.786. The second-order valence-corrected chi connectivity index (χ2v) is 5.87. The predicted octanol–water partition coefficient (Wildman–Crippen LogP) is 1.69. The standard InChI is InChI=1S/C14H25NO5/c1-8(2)6-11(14(19)20)15(12(16)9(3)4)7-10(5)13(17)18/h8-11H,6-7H2,1-5H3,(H,17,18)(H,19,20). The Hall–Kier alpha value is -1.59. The van der Waals surface area contributed by atoms with Crippen molar-refractivity contribution >= 4 is 17.8 Å². The van der Waals surface area contributed by atoms with E-state index in [1.807, 2.05) is 13.8 Å². The lowest BCUT2D eigenvalue weighted by Gasteiger charge is -2.32. The Labute approximate surface area is 119 Å². The Bertz CT molecular complexity index is 365. The van der Waals surface area contributed by atoms with Crippen LogP contribution in [0.4, 0.5) is 0 Å². The van der Waals surface area contributed by atoms with Crippen LogP contribution in [0.1, 0.15) is 41.0 Å². The molecule has 0 rings (SSSR count). The Kier molecular flexibility index (Phi) is 7.24. The third kappa shape index (κ3) is 5.59. The summed E-state index contributed by atoms with van der Waals surface area (Å²) in [5.74, 6) is -3.54. The summed E-state index contributed by atoms with van der Waals surface area (Å²) in [6.07, 6.45) is 0.306. The largest absolute Gasteiger partial charge is 0.481 e. The molecule has 2 unspecified atom stereocenters. The summed E-state index contributed by atoms with van der Waals surface area (Å²) >= 11 is 0. The van der Waals surface area contributed by atoms with Gasteiger partial charge < -0.3 is 15.1 Å². The molecule has 2 N–H and O–H groups in total. The van der Waals surface area contributed by atoms with Gasteiger partial charge in [-0.15, -0.1) is 0 Å². The maximum Gasteiger partial charge on any atom is 0.326 e. The maximum absolute atomic E-state index is 12.2. The highest BCUT2D eigenvalue weighted by atomic mass is 16.4. The van der Waals surface area contributed by atoms with E-state index in [0.717, 1.165) is 0 Å². The summed E-state index contributed by atoms with van der Waals surface area (Å²) in [4.78, 5) is 35.8. The number of carbonyl (C=O) groups is 3. The molecule has 0 bridgehead atoms. The average Bonchev–Trinajstić information content (AvgIpc) is 2.31. The fourth-order valence-electron chi connectivity index (χ4n) is 1.88. The highest BCUT2D eigenvalue weighted by Gasteiger charge is 2.33. The summed E-state index contributed by atoms with van der Waals surface area (Å²) in [5.41, 5.74) is 0. The minimum atomic E-state index is -1.09. The molecule has 0 aliphatic rings. The van der Waals surface area contributed by atoms with Gasteiger partial charge in [0.1, 0.15) is 6.04 Å². The molecule has 0 aromatic carbocycles. The molecule has 0 aliphatic heterocycles. The van der Waals surface area contributed by atoms with E-state index in [1.54, 1.807) is 13.8 Å². The summed E-state index contributed by atoms with van der Waals surface area (Å²) in [6, 6.07) is -0.980. The third-order valence-electron chi connectivity index (χ3n) is 3.03. The van der Waals surface area contributed by atoms with Crippen LogP contribution in [0.15, 0.2) is 0 Å². The molecule has 0 aliphatic carbocycles. The van der Waals surface area contributed by atoms with Crippen LogP contribution in [0, 0.1) is 17.8 Å². The molecule has 2 atom stereocenters. The van der Waals surface area contributed by atoms with Gasteiger partial charge in [-0.2, -0.15) is 0 Å². The van der Waals surface area contributed by atoms with E-state index in [0.29, 0.717) is 6.42 Å². The van der Waals surface area contributed by atoms with Crippen molar-refractivity contribution in [2.45, 2.75) is 47.1 Å². The van der Waals surface area contributed by atoms with E-state index in [2.05, 4.69) is 0 Å². The second-order valence-electron chi connectivity index (χ2n) is 5.87. The number of rotatable bonds is 8. The van der Waals surface area contributed by atoms with Crippen LogP contribution in [0.2, 0.25) is 0 Å². The van der Waals surface area contributed by atoms with Crippen molar-refractivity contribution in [3.05, 3.63) is 0 Å². The summed E-state index contributed by atoms with van der Waals surface area (Å²) in [6.45, 7) is 8.47. The normalized spacial score (nSPS) is 14.2. The minimum Gasteiger partial charge on any atom is -0.481 e. The molecule has 0 radical (unpaired) electrons. The van der Waals surface area contributed by atoms with E-state index >= 15 is 0 Å². The fourth-order valence-corrected chi connectivity index (χ4v) is 1.88. The van der Waals surface area contributed by atoms with Gasteiger partial charge in [0, 0.05) is 12.5 Å². The van der Waals surface area contributed by atoms with Gasteiger partial charge >= 0.3 is 11.9 Å². The zero-order chi connectivity index (χ0) is 16.0. The number of hydrogen-bond donors (Lipinski definition) is 2. The van der Waals surface area contributed by atoms with Crippen molar-refractivity contribution in [3.63, 3.8) is 0 Å². The third-order valence-corrected chi connectivity index (χ3v) is 3.03. The average molecular weight is 287 g/mol. The number of carboxylic acid groups (broad SMARTS) is 2. The monoisotopic (exact) mass is 287 g/mol. The number of hydrogen-bond acceptors (Lipinski definition) is 3. The van der Waals surface area contributed by atoms with Crippen molar-refractivity contribution in [1.29, 1.82) is 0 Å².